The predicted molar refractivity (Wildman–Crippen MR) is 109 cm³/mol. The quantitative estimate of drug-likeness (QED) is 0.305. The molecule has 0 bridgehead atoms. The Bertz CT molecular complexity index is 919. The summed E-state index contributed by atoms with van der Waals surface area (Å²) in [6, 6.07) is 21.2. The van der Waals surface area contributed by atoms with Gasteiger partial charge in [0.2, 0.25) is 0 Å². The van der Waals surface area contributed by atoms with Gasteiger partial charge in [0.25, 0.3) is 5.69 Å². The summed E-state index contributed by atoms with van der Waals surface area (Å²) in [6.07, 6.45) is 1.70. The molecule has 1 aromatic heterocycles. The van der Waals surface area contributed by atoms with E-state index >= 15 is 0 Å². The minimum Gasteiger partial charge on any atom is -0.331 e. The largest absolute Gasteiger partial charge is 0.331 e. The summed E-state index contributed by atoms with van der Waals surface area (Å²) < 4.78 is 0. The fourth-order valence-corrected chi connectivity index (χ4v) is 2.46. The van der Waals surface area contributed by atoms with Crippen LogP contribution in [-0.2, 0) is 0 Å². The summed E-state index contributed by atoms with van der Waals surface area (Å²) in [4.78, 5) is 14.6. The molecule has 2 aromatic carbocycles. The Morgan fingerprint density at radius 2 is 1.70 bits per heavy atom. The molecule has 2 N–H and O–H groups in total. The van der Waals surface area contributed by atoms with Crippen LogP contribution in [0.4, 0.5) is 11.4 Å². The zero-order chi connectivity index (χ0) is 19.1. The number of thiocarbonyl (C=S) groups is 1. The minimum atomic E-state index is -0.455. The van der Waals surface area contributed by atoms with Gasteiger partial charge < -0.3 is 5.32 Å². The Balaban J connectivity index is 1.76. The summed E-state index contributed by atoms with van der Waals surface area (Å²) >= 11 is 5.26. The van der Waals surface area contributed by atoms with Gasteiger partial charge in [0, 0.05) is 29.6 Å². The highest BCUT2D eigenvalue weighted by Crippen LogP contribution is 2.15. The zero-order valence-corrected chi connectivity index (χ0v) is 14.9. The van der Waals surface area contributed by atoms with Crippen molar-refractivity contribution < 1.29 is 4.92 Å². The molecule has 0 saturated carbocycles. The lowest BCUT2D eigenvalue weighted by atomic mass is 10.1. The number of hydrogen-bond donors (Lipinski definition) is 2. The lowest BCUT2D eigenvalue weighted by molar-refractivity contribution is -0.384. The number of nitro benzene ring substituents is 1. The van der Waals surface area contributed by atoms with E-state index in [1.54, 1.807) is 18.3 Å². The van der Waals surface area contributed by atoms with Crippen LogP contribution in [0.2, 0.25) is 0 Å². The molecule has 134 valence electrons. The SMILES string of the molecule is O=[N+]([O-])c1ccc(NC(=S)N/N=C(\c2ccccc2)c2ccccn2)cc1. The molecule has 0 unspecified atom stereocenters. The number of anilines is 1. The van der Waals surface area contributed by atoms with E-state index in [1.165, 1.54) is 12.1 Å². The van der Waals surface area contributed by atoms with Crippen molar-refractivity contribution in [3.05, 3.63) is 100 Å². The average molecular weight is 377 g/mol. The number of hydrazone groups is 1. The smallest absolute Gasteiger partial charge is 0.269 e. The first-order chi connectivity index (χ1) is 13.1. The summed E-state index contributed by atoms with van der Waals surface area (Å²) in [5.41, 5.74) is 5.67. The van der Waals surface area contributed by atoms with E-state index in [0.717, 1.165) is 5.56 Å². The second-order valence-corrected chi connectivity index (χ2v) is 5.82. The number of non-ortho nitro benzene ring substituents is 1. The molecule has 0 aliphatic carbocycles. The molecule has 0 atom stereocenters. The van der Waals surface area contributed by atoms with Crippen LogP contribution in [0.15, 0.2) is 84.1 Å². The molecule has 0 aliphatic heterocycles. The average Bonchev–Trinajstić information content (AvgIpc) is 2.70. The highest BCUT2D eigenvalue weighted by Gasteiger charge is 2.09. The predicted octanol–water partition coefficient (Wildman–Crippen LogP) is 3.73. The van der Waals surface area contributed by atoms with Gasteiger partial charge in [0.15, 0.2) is 5.11 Å². The molecule has 0 spiro atoms. The highest BCUT2D eigenvalue weighted by atomic mass is 32.1. The molecule has 1 heterocycles. The van der Waals surface area contributed by atoms with Crippen LogP contribution in [-0.4, -0.2) is 20.7 Å². The van der Waals surface area contributed by atoms with Crippen LogP contribution in [0, 0.1) is 10.1 Å². The fraction of sp³-hybridized carbons (Fsp3) is 0. The van der Waals surface area contributed by atoms with Crippen LogP contribution in [0.25, 0.3) is 0 Å². The van der Waals surface area contributed by atoms with Crippen molar-refractivity contribution in [2.24, 2.45) is 5.10 Å². The molecule has 0 saturated heterocycles. The van der Waals surface area contributed by atoms with E-state index < -0.39 is 4.92 Å². The molecule has 0 fully saturated rings. The molecule has 0 radical (unpaired) electrons. The number of rotatable bonds is 5. The lowest BCUT2D eigenvalue weighted by Crippen LogP contribution is -2.25. The highest BCUT2D eigenvalue weighted by molar-refractivity contribution is 7.80. The van der Waals surface area contributed by atoms with E-state index in [9.17, 15) is 10.1 Å². The van der Waals surface area contributed by atoms with Gasteiger partial charge in [0.05, 0.1) is 10.6 Å². The van der Waals surface area contributed by atoms with E-state index in [-0.39, 0.29) is 10.8 Å². The first kappa shape index (κ1) is 18.2. The third kappa shape index (κ3) is 4.93. The molecular formula is C19H15N5O2S. The van der Waals surface area contributed by atoms with Gasteiger partial charge >= 0.3 is 0 Å². The summed E-state index contributed by atoms with van der Waals surface area (Å²) in [5.74, 6) is 0. The van der Waals surface area contributed by atoms with Crippen molar-refractivity contribution in [1.29, 1.82) is 0 Å². The van der Waals surface area contributed by atoms with E-state index in [0.29, 0.717) is 17.1 Å². The maximum absolute atomic E-state index is 10.7. The maximum Gasteiger partial charge on any atom is 0.269 e. The monoisotopic (exact) mass is 377 g/mol. The van der Waals surface area contributed by atoms with Gasteiger partial charge in [-0.15, -0.1) is 0 Å². The molecule has 3 rings (SSSR count). The Morgan fingerprint density at radius 3 is 2.33 bits per heavy atom. The summed E-state index contributed by atoms with van der Waals surface area (Å²) in [7, 11) is 0. The number of benzene rings is 2. The topological polar surface area (TPSA) is 92.5 Å². The molecule has 0 amide bonds. The second-order valence-electron chi connectivity index (χ2n) is 5.41. The van der Waals surface area contributed by atoms with E-state index in [1.807, 2.05) is 48.5 Å². The standard InChI is InChI=1S/C19H15N5O2S/c25-24(26)16-11-9-15(10-12-16)21-19(27)23-22-18(14-6-2-1-3-7-14)17-8-4-5-13-20-17/h1-13H,(H2,21,23,27)/b22-18+. The maximum atomic E-state index is 10.7. The summed E-state index contributed by atoms with van der Waals surface area (Å²) in [6.45, 7) is 0. The fourth-order valence-electron chi connectivity index (χ4n) is 2.30. The first-order valence-corrected chi connectivity index (χ1v) is 8.40. The van der Waals surface area contributed by atoms with Gasteiger partial charge in [-0.1, -0.05) is 36.4 Å². The van der Waals surface area contributed by atoms with Gasteiger partial charge in [-0.25, -0.2) is 0 Å². The molecule has 7 nitrogen and oxygen atoms in total. The number of hydrogen-bond acceptors (Lipinski definition) is 5. The Kier molecular flexibility index (Phi) is 5.80. The number of nitrogens with one attached hydrogen (secondary N) is 2. The lowest BCUT2D eigenvalue weighted by Gasteiger charge is -2.10. The van der Waals surface area contributed by atoms with Crippen LogP contribution in [0.5, 0.6) is 0 Å². The van der Waals surface area contributed by atoms with Crippen molar-refractivity contribution in [3.8, 4) is 0 Å². The van der Waals surface area contributed by atoms with Crippen LogP contribution < -0.4 is 10.7 Å². The van der Waals surface area contributed by atoms with Crippen molar-refractivity contribution >= 4 is 34.4 Å². The summed E-state index contributed by atoms with van der Waals surface area (Å²) in [5, 5.41) is 18.3. The van der Waals surface area contributed by atoms with Crippen LogP contribution in [0.1, 0.15) is 11.3 Å². The van der Waals surface area contributed by atoms with Gasteiger partial charge in [-0.05, 0) is 36.5 Å². The molecule has 3 aromatic rings. The Hall–Kier alpha value is -3.65. The first-order valence-electron chi connectivity index (χ1n) is 7.99. The van der Waals surface area contributed by atoms with E-state index in [2.05, 4.69) is 20.8 Å². The van der Waals surface area contributed by atoms with Crippen molar-refractivity contribution in [2.45, 2.75) is 0 Å². The second kappa shape index (κ2) is 8.63. The van der Waals surface area contributed by atoms with Crippen LogP contribution in [0.3, 0.4) is 0 Å². The third-order valence-corrected chi connectivity index (χ3v) is 3.75. The zero-order valence-electron chi connectivity index (χ0n) is 14.1. The Labute approximate surface area is 160 Å². The van der Waals surface area contributed by atoms with Crippen molar-refractivity contribution in [3.63, 3.8) is 0 Å². The van der Waals surface area contributed by atoms with Gasteiger partial charge in [0.1, 0.15) is 5.71 Å². The van der Waals surface area contributed by atoms with Crippen LogP contribution >= 0.6 is 12.2 Å². The van der Waals surface area contributed by atoms with E-state index in [4.69, 9.17) is 12.2 Å². The molecule has 0 aliphatic rings. The Morgan fingerprint density at radius 1 is 1.00 bits per heavy atom. The van der Waals surface area contributed by atoms with Gasteiger partial charge in [-0.2, -0.15) is 5.10 Å². The van der Waals surface area contributed by atoms with Crippen molar-refractivity contribution in [1.82, 2.24) is 10.4 Å². The molecular weight excluding hydrogens is 362 g/mol. The van der Waals surface area contributed by atoms with Crippen molar-refractivity contribution in [2.75, 3.05) is 5.32 Å². The number of pyridine rings is 1. The number of nitrogens with zero attached hydrogens (tertiary/aromatic N) is 3. The third-order valence-electron chi connectivity index (χ3n) is 3.56. The normalized spacial score (nSPS) is 10.9. The number of aromatic nitrogens is 1. The minimum absolute atomic E-state index is 0.0129. The van der Waals surface area contributed by atoms with Gasteiger partial charge in [-0.3, -0.25) is 20.5 Å². The molecule has 27 heavy (non-hydrogen) atoms. The number of nitro groups is 1. The molecule has 8 heteroatoms.